The summed E-state index contributed by atoms with van der Waals surface area (Å²) in [5.41, 5.74) is 3.96. The Labute approximate surface area is 186 Å². The number of hydrogen-bond donors (Lipinski definition) is 2. The van der Waals surface area contributed by atoms with Crippen LogP contribution in [0, 0.1) is 0 Å². The van der Waals surface area contributed by atoms with E-state index < -0.39 is 11.8 Å². The predicted octanol–water partition coefficient (Wildman–Crippen LogP) is 3.53. The summed E-state index contributed by atoms with van der Waals surface area (Å²) < 4.78 is 10.9. The van der Waals surface area contributed by atoms with Crippen LogP contribution in [0.4, 0.5) is 0 Å². The summed E-state index contributed by atoms with van der Waals surface area (Å²) >= 11 is 0. The molecule has 164 valence electrons. The van der Waals surface area contributed by atoms with Gasteiger partial charge in [-0.05, 0) is 35.9 Å². The Morgan fingerprint density at radius 3 is 2.59 bits per heavy atom. The van der Waals surface area contributed by atoms with Crippen molar-refractivity contribution in [3.63, 3.8) is 0 Å². The van der Waals surface area contributed by atoms with Gasteiger partial charge in [0.25, 0.3) is 5.91 Å². The standard InChI is InChI=1S/C25H25N3O4/c1-3-32-23-14-12-18-8-4-6-10-20(18)21(23)16-27-28-25(30)17-26-24(29)15-13-19-9-5-7-11-22(19)31-2/h4-16H,3,17H2,1-2H3,(H,26,29)(H,28,30)/b15-13-,27-16+. The Bertz CT molecular complexity index is 1150. The van der Waals surface area contributed by atoms with Crippen LogP contribution < -0.4 is 20.2 Å². The van der Waals surface area contributed by atoms with Crippen LogP contribution in [-0.4, -0.2) is 38.3 Å². The van der Waals surface area contributed by atoms with Crippen molar-refractivity contribution in [1.82, 2.24) is 10.7 Å². The van der Waals surface area contributed by atoms with E-state index in [1.165, 1.54) is 6.08 Å². The summed E-state index contributed by atoms with van der Waals surface area (Å²) in [6.07, 6.45) is 4.52. The zero-order valence-corrected chi connectivity index (χ0v) is 18.0. The average Bonchev–Trinajstić information content (AvgIpc) is 2.82. The molecule has 32 heavy (non-hydrogen) atoms. The van der Waals surface area contributed by atoms with E-state index in [0.29, 0.717) is 18.1 Å². The number of nitrogens with zero attached hydrogens (tertiary/aromatic N) is 1. The summed E-state index contributed by atoms with van der Waals surface area (Å²) in [6, 6.07) is 19.0. The van der Waals surface area contributed by atoms with Crippen molar-refractivity contribution in [2.24, 2.45) is 5.10 Å². The molecule has 3 aromatic rings. The topological polar surface area (TPSA) is 89.0 Å². The number of methoxy groups -OCH3 is 1. The summed E-state index contributed by atoms with van der Waals surface area (Å²) in [5, 5.41) is 8.57. The van der Waals surface area contributed by atoms with E-state index in [1.807, 2.05) is 61.5 Å². The molecule has 0 aliphatic carbocycles. The quantitative estimate of drug-likeness (QED) is 0.308. The SMILES string of the molecule is CCOc1ccc2ccccc2c1/C=N/NC(=O)CNC(=O)/C=C\c1ccccc1OC. The Morgan fingerprint density at radius 2 is 1.78 bits per heavy atom. The third-order valence-corrected chi connectivity index (χ3v) is 4.59. The summed E-state index contributed by atoms with van der Waals surface area (Å²) in [6.45, 7) is 2.21. The molecule has 0 saturated carbocycles. The van der Waals surface area contributed by atoms with Crippen molar-refractivity contribution in [2.45, 2.75) is 6.92 Å². The van der Waals surface area contributed by atoms with Crippen LogP contribution in [0.1, 0.15) is 18.1 Å². The first-order valence-corrected chi connectivity index (χ1v) is 10.2. The molecule has 0 radical (unpaired) electrons. The minimum atomic E-state index is -0.446. The molecular weight excluding hydrogens is 406 g/mol. The number of benzene rings is 3. The lowest BCUT2D eigenvalue weighted by Gasteiger charge is -2.10. The Morgan fingerprint density at radius 1 is 1.00 bits per heavy atom. The first-order chi connectivity index (χ1) is 15.6. The molecule has 0 atom stereocenters. The molecule has 3 aromatic carbocycles. The summed E-state index contributed by atoms with van der Waals surface area (Å²) in [5.74, 6) is 0.490. The number of amides is 2. The number of carbonyl (C=O) groups excluding carboxylic acids is 2. The smallest absolute Gasteiger partial charge is 0.259 e. The van der Waals surface area contributed by atoms with E-state index in [4.69, 9.17) is 9.47 Å². The third kappa shape index (κ3) is 5.95. The fraction of sp³-hybridized carbons (Fsp3) is 0.160. The lowest BCUT2D eigenvalue weighted by molar-refractivity contribution is -0.123. The maximum absolute atomic E-state index is 12.1. The normalized spacial score (nSPS) is 11.1. The molecule has 0 spiro atoms. The number of carbonyl (C=O) groups is 2. The molecule has 0 fully saturated rings. The van der Waals surface area contributed by atoms with E-state index in [1.54, 1.807) is 25.5 Å². The highest BCUT2D eigenvalue weighted by Crippen LogP contribution is 2.26. The van der Waals surface area contributed by atoms with E-state index in [2.05, 4.69) is 15.8 Å². The highest BCUT2D eigenvalue weighted by Gasteiger charge is 2.07. The highest BCUT2D eigenvalue weighted by molar-refractivity contribution is 6.02. The van der Waals surface area contributed by atoms with Crippen molar-refractivity contribution in [2.75, 3.05) is 20.3 Å². The van der Waals surface area contributed by atoms with E-state index in [-0.39, 0.29) is 6.54 Å². The largest absolute Gasteiger partial charge is 0.496 e. The maximum atomic E-state index is 12.1. The van der Waals surface area contributed by atoms with Crippen LogP contribution in [-0.2, 0) is 9.59 Å². The molecule has 0 saturated heterocycles. The van der Waals surface area contributed by atoms with Crippen molar-refractivity contribution in [1.29, 1.82) is 0 Å². The number of hydrogen-bond acceptors (Lipinski definition) is 5. The van der Waals surface area contributed by atoms with Crippen molar-refractivity contribution < 1.29 is 19.1 Å². The van der Waals surface area contributed by atoms with Crippen LogP contribution in [0.25, 0.3) is 16.8 Å². The van der Waals surface area contributed by atoms with Gasteiger partial charge in [0.2, 0.25) is 5.91 Å². The fourth-order valence-electron chi connectivity index (χ4n) is 3.09. The molecule has 0 aliphatic rings. The molecule has 3 rings (SSSR count). The van der Waals surface area contributed by atoms with Gasteiger partial charge in [-0.3, -0.25) is 9.59 Å². The number of hydrazone groups is 1. The molecule has 0 bridgehead atoms. The molecule has 7 heteroatoms. The van der Waals surface area contributed by atoms with Gasteiger partial charge in [0.1, 0.15) is 11.5 Å². The molecule has 0 unspecified atom stereocenters. The number of ether oxygens (including phenoxy) is 2. The van der Waals surface area contributed by atoms with Crippen LogP contribution in [0.3, 0.4) is 0 Å². The summed E-state index contributed by atoms with van der Waals surface area (Å²) in [7, 11) is 1.56. The number of fused-ring (bicyclic) bond motifs is 1. The number of para-hydroxylation sites is 1. The van der Waals surface area contributed by atoms with Gasteiger partial charge in [-0.15, -0.1) is 0 Å². The Kier molecular flexibility index (Phi) is 7.97. The van der Waals surface area contributed by atoms with Crippen molar-refractivity contribution in [3.8, 4) is 11.5 Å². The molecule has 0 heterocycles. The minimum Gasteiger partial charge on any atom is -0.496 e. The van der Waals surface area contributed by atoms with Crippen LogP contribution in [0.2, 0.25) is 0 Å². The predicted molar refractivity (Wildman–Crippen MR) is 126 cm³/mol. The van der Waals surface area contributed by atoms with Crippen molar-refractivity contribution in [3.05, 3.63) is 77.9 Å². The molecule has 2 N–H and O–H groups in total. The maximum Gasteiger partial charge on any atom is 0.259 e. The van der Waals surface area contributed by atoms with Gasteiger partial charge in [-0.25, -0.2) is 5.43 Å². The average molecular weight is 431 g/mol. The first kappa shape index (κ1) is 22.6. The van der Waals surface area contributed by atoms with Crippen LogP contribution in [0.15, 0.2) is 71.8 Å². The van der Waals surface area contributed by atoms with Gasteiger partial charge in [-0.2, -0.15) is 5.10 Å². The van der Waals surface area contributed by atoms with E-state index in [9.17, 15) is 9.59 Å². The molecular formula is C25H25N3O4. The molecule has 0 aliphatic heterocycles. The van der Waals surface area contributed by atoms with Crippen LogP contribution in [0.5, 0.6) is 11.5 Å². The lowest BCUT2D eigenvalue weighted by atomic mass is 10.0. The lowest BCUT2D eigenvalue weighted by Crippen LogP contribution is -2.34. The molecule has 7 nitrogen and oxygen atoms in total. The number of rotatable bonds is 9. The monoisotopic (exact) mass is 431 g/mol. The van der Waals surface area contributed by atoms with Gasteiger partial charge < -0.3 is 14.8 Å². The second kappa shape index (κ2) is 11.3. The minimum absolute atomic E-state index is 0.208. The Hall–Kier alpha value is -4.13. The third-order valence-electron chi connectivity index (χ3n) is 4.59. The zero-order valence-electron chi connectivity index (χ0n) is 18.0. The van der Waals surface area contributed by atoms with Crippen molar-refractivity contribution >= 4 is 34.9 Å². The second-order valence-corrected chi connectivity index (χ2v) is 6.72. The van der Waals surface area contributed by atoms with Gasteiger partial charge in [0, 0.05) is 17.2 Å². The highest BCUT2D eigenvalue weighted by atomic mass is 16.5. The molecule has 0 aromatic heterocycles. The zero-order chi connectivity index (χ0) is 22.8. The number of nitrogens with one attached hydrogen (secondary N) is 2. The molecule has 2 amide bonds. The first-order valence-electron chi connectivity index (χ1n) is 10.2. The summed E-state index contributed by atoms with van der Waals surface area (Å²) in [4.78, 5) is 24.1. The van der Waals surface area contributed by atoms with Crippen LogP contribution >= 0.6 is 0 Å². The van der Waals surface area contributed by atoms with Gasteiger partial charge in [0.15, 0.2) is 0 Å². The van der Waals surface area contributed by atoms with E-state index in [0.717, 1.165) is 21.9 Å². The van der Waals surface area contributed by atoms with Gasteiger partial charge >= 0.3 is 0 Å². The second-order valence-electron chi connectivity index (χ2n) is 6.72. The van der Waals surface area contributed by atoms with Gasteiger partial charge in [0.05, 0.1) is 26.5 Å². The van der Waals surface area contributed by atoms with Gasteiger partial charge in [-0.1, -0.05) is 48.5 Å². The fourth-order valence-corrected chi connectivity index (χ4v) is 3.09. The Balaban J connectivity index is 1.57. The van der Waals surface area contributed by atoms with E-state index >= 15 is 0 Å².